The number of hydrogen-bond acceptors (Lipinski definition) is 3. The molecule has 0 N–H and O–H groups in total. The fraction of sp³-hybridized carbons (Fsp3) is 0.882. The Morgan fingerprint density at radius 1 is 0.950 bits per heavy atom. The predicted molar refractivity (Wildman–Crippen MR) is 82.8 cm³/mol. The molecule has 0 aliphatic carbocycles. The first-order valence-electron chi connectivity index (χ1n) is 7.82. The summed E-state index contributed by atoms with van der Waals surface area (Å²) in [5.74, 6) is 1.08. The molecule has 0 saturated carbocycles. The molecule has 0 aliphatic rings. The molecule has 0 rings (SSSR count). The monoisotopic (exact) mass is 284 g/mol. The molecule has 0 amide bonds. The number of Topliss-reactive ketones (excluding diaryl/α,β-unsaturated/α-hetero) is 2. The van der Waals surface area contributed by atoms with Gasteiger partial charge < -0.3 is 4.74 Å². The zero-order valence-electron chi connectivity index (χ0n) is 14.0. The Balaban J connectivity index is 3.41. The molecular weight excluding hydrogens is 252 g/mol. The van der Waals surface area contributed by atoms with Crippen molar-refractivity contribution in [2.24, 2.45) is 11.3 Å². The maximum atomic E-state index is 11.6. The Hall–Kier alpha value is -0.700. The van der Waals surface area contributed by atoms with Crippen LogP contribution in [0.15, 0.2) is 0 Å². The average molecular weight is 284 g/mol. The van der Waals surface area contributed by atoms with Gasteiger partial charge in [-0.2, -0.15) is 0 Å². The van der Waals surface area contributed by atoms with E-state index in [-0.39, 0.29) is 5.41 Å². The molecule has 0 aromatic heterocycles. The van der Waals surface area contributed by atoms with E-state index in [1.807, 2.05) is 0 Å². The van der Waals surface area contributed by atoms with Crippen LogP contribution in [-0.2, 0) is 14.3 Å². The first-order chi connectivity index (χ1) is 9.20. The highest BCUT2D eigenvalue weighted by Crippen LogP contribution is 2.19. The summed E-state index contributed by atoms with van der Waals surface area (Å²) in [6.45, 7) is 11.6. The summed E-state index contributed by atoms with van der Waals surface area (Å²) in [7, 11) is 0. The van der Waals surface area contributed by atoms with E-state index in [1.54, 1.807) is 0 Å². The van der Waals surface area contributed by atoms with Crippen molar-refractivity contribution in [1.82, 2.24) is 0 Å². The number of ether oxygens (including phenoxy) is 1. The summed E-state index contributed by atoms with van der Waals surface area (Å²) in [5.41, 5.74) is 0.0781. The zero-order chi connectivity index (χ0) is 15.6. The Morgan fingerprint density at radius 3 is 1.90 bits per heavy atom. The van der Waals surface area contributed by atoms with E-state index >= 15 is 0 Å². The molecule has 20 heavy (non-hydrogen) atoms. The largest absolute Gasteiger partial charge is 0.381 e. The van der Waals surface area contributed by atoms with Gasteiger partial charge in [-0.25, -0.2) is 0 Å². The maximum Gasteiger partial charge on any atom is 0.133 e. The Kier molecular flexibility index (Phi) is 9.74. The van der Waals surface area contributed by atoms with Crippen molar-refractivity contribution in [3.05, 3.63) is 0 Å². The summed E-state index contributed by atoms with van der Waals surface area (Å²) in [5, 5.41) is 0. The fourth-order valence-electron chi connectivity index (χ4n) is 2.08. The van der Waals surface area contributed by atoms with Gasteiger partial charge >= 0.3 is 0 Å². The summed E-state index contributed by atoms with van der Waals surface area (Å²) in [4.78, 5) is 23.1. The van der Waals surface area contributed by atoms with E-state index in [9.17, 15) is 9.59 Å². The molecule has 0 aromatic carbocycles. The SMILES string of the molecule is CC(C)CC(=O)CCCOCCCC(=O)CC(C)(C)C. The summed E-state index contributed by atoms with van der Waals surface area (Å²) in [6, 6.07) is 0. The van der Waals surface area contributed by atoms with Crippen LogP contribution in [0, 0.1) is 11.3 Å². The highest BCUT2D eigenvalue weighted by Gasteiger charge is 2.15. The normalized spacial score (nSPS) is 11.9. The van der Waals surface area contributed by atoms with Crippen LogP contribution in [0.4, 0.5) is 0 Å². The first-order valence-corrected chi connectivity index (χ1v) is 7.82. The molecule has 0 saturated heterocycles. The van der Waals surface area contributed by atoms with Crippen molar-refractivity contribution in [1.29, 1.82) is 0 Å². The number of carbonyl (C=O) groups is 2. The molecule has 0 spiro atoms. The summed E-state index contributed by atoms with van der Waals surface area (Å²) >= 11 is 0. The molecule has 0 fully saturated rings. The maximum absolute atomic E-state index is 11.6. The van der Waals surface area contributed by atoms with E-state index in [1.165, 1.54) is 0 Å². The van der Waals surface area contributed by atoms with Gasteiger partial charge in [0.1, 0.15) is 11.6 Å². The Morgan fingerprint density at radius 2 is 1.45 bits per heavy atom. The molecule has 0 aliphatic heterocycles. The standard InChI is InChI=1S/C17H32O3/c1-14(2)12-15(18)8-6-10-20-11-7-9-16(19)13-17(3,4)5/h14H,6-13H2,1-5H3. The van der Waals surface area contributed by atoms with Gasteiger partial charge in [0, 0.05) is 38.9 Å². The van der Waals surface area contributed by atoms with Crippen molar-refractivity contribution in [3.8, 4) is 0 Å². The van der Waals surface area contributed by atoms with Crippen LogP contribution in [0.3, 0.4) is 0 Å². The van der Waals surface area contributed by atoms with Crippen molar-refractivity contribution < 1.29 is 14.3 Å². The smallest absolute Gasteiger partial charge is 0.133 e. The second-order valence-corrected chi connectivity index (χ2v) is 7.23. The summed E-state index contributed by atoms with van der Waals surface area (Å²) in [6.07, 6.45) is 4.10. The number of carbonyl (C=O) groups excluding carboxylic acids is 2. The van der Waals surface area contributed by atoms with Gasteiger partial charge in [-0.3, -0.25) is 9.59 Å². The van der Waals surface area contributed by atoms with Gasteiger partial charge in [0.05, 0.1) is 0 Å². The minimum absolute atomic E-state index is 0.0781. The van der Waals surface area contributed by atoms with E-state index in [4.69, 9.17) is 4.74 Å². The third kappa shape index (κ3) is 13.7. The second-order valence-electron chi connectivity index (χ2n) is 7.23. The zero-order valence-corrected chi connectivity index (χ0v) is 14.0. The van der Waals surface area contributed by atoms with Gasteiger partial charge in [0.15, 0.2) is 0 Å². The van der Waals surface area contributed by atoms with Crippen molar-refractivity contribution in [3.63, 3.8) is 0 Å². The number of rotatable bonds is 11. The van der Waals surface area contributed by atoms with Gasteiger partial charge in [-0.15, -0.1) is 0 Å². The molecule has 118 valence electrons. The van der Waals surface area contributed by atoms with Crippen LogP contribution >= 0.6 is 0 Å². The van der Waals surface area contributed by atoms with Gasteiger partial charge in [0.2, 0.25) is 0 Å². The predicted octanol–water partition coefficient (Wildman–Crippen LogP) is 4.18. The van der Waals surface area contributed by atoms with Crippen LogP contribution in [0.2, 0.25) is 0 Å². The highest BCUT2D eigenvalue weighted by atomic mass is 16.5. The minimum Gasteiger partial charge on any atom is -0.381 e. The van der Waals surface area contributed by atoms with Crippen LogP contribution in [0.1, 0.15) is 73.1 Å². The lowest BCUT2D eigenvalue weighted by molar-refractivity contribution is -0.121. The molecule has 3 nitrogen and oxygen atoms in total. The molecule has 0 heterocycles. The molecule has 0 aromatic rings. The van der Waals surface area contributed by atoms with Crippen LogP contribution in [0.25, 0.3) is 0 Å². The highest BCUT2D eigenvalue weighted by molar-refractivity contribution is 5.79. The second kappa shape index (κ2) is 10.1. The van der Waals surface area contributed by atoms with E-state index < -0.39 is 0 Å². The minimum atomic E-state index is 0.0781. The molecular formula is C17H32O3. The Bertz CT molecular complexity index is 287. The number of hydrogen-bond donors (Lipinski definition) is 0. The third-order valence-corrected chi connectivity index (χ3v) is 2.85. The summed E-state index contributed by atoms with van der Waals surface area (Å²) < 4.78 is 5.47. The average Bonchev–Trinajstić information content (AvgIpc) is 2.24. The van der Waals surface area contributed by atoms with Crippen molar-refractivity contribution in [2.45, 2.75) is 73.1 Å². The quantitative estimate of drug-likeness (QED) is 0.534. The van der Waals surface area contributed by atoms with Crippen molar-refractivity contribution >= 4 is 11.6 Å². The lowest BCUT2D eigenvalue weighted by Crippen LogP contribution is -2.13. The molecule has 0 bridgehead atoms. The Labute approximate surface area is 124 Å². The van der Waals surface area contributed by atoms with Crippen LogP contribution < -0.4 is 0 Å². The van der Waals surface area contributed by atoms with Crippen LogP contribution in [0.5, 0.6) is 0 Å². The molecule has 0 radical (unpaired) electrons. The van der Waals surface area contributed by atoms with Gasteiger partial charge in [-0.1, -0.05) is 34.6 Å². The van der Waals surface area contributed by atoms with Crippen molar-refractivity contribution in [2.75, 3.05) is 13.2 Å². The molecule has 0 atom stereocenters. The van der Waals surface area contributed by atoms with Crippen LogP contribution in [-0.4, -0.2) is 24.8 Å². The number of ketones is 2. The van der Waals surface area contributed by atoms with E-state index in [0.29, 0.717) is 56.4 Å². The van der Waals surface area contributed by atoms with E-state index in [2.05, 4.69) is 34.6 Å². The topological polar surface area (TPSA) is 43.4 Å². The van der Waals surface area contributed by atoms with Gasteiger partial charge in [-0.05, 0) is 24.2 Å². The molecule has 3 heteroatoms. The third-order valence-electron chi connectivity index (χ3n) is 2.85. The first kappa shape index (κ1) is 19.3. The molecule has 0 unspecified atom stereocenters. The lowest BCUT2D eigenvalue weighted by Gasteiger charge is -2.16. The lowest BCUT2D eigenvalue weighted by atomic mass is 9.89. The fourth-order valence-corrected chi connectivity index (χ4v) is 2.08. The van der Waals surface area contributed by atoms with E-state index in [0.717, 1.165) is 12.8 Å². The van der Waals surface area contributed by atoms with Gasteiger partial charge in [0.25, 0.3) is 0 Å².